The van der Waals surface area contributed by atoms with Gasteiger partial charge in [0.1, 0.15) is 17.5 Å². The number of anilines is 2. The lowest BCUT2D eigenvalue weighted by molar-refractivity contribution is 0.676. The van der Waals surface area contributed by atoms with Gasteiger partial charge >= 0.3 is 0 Å². The molecular formula is C16H26N4S. The quantitative estimate of drug-likeness (QED) is 0.837. The fourth-order valence-electron chi connectivity index (χ4n) is 2.75. The third-order valence-electron chi connectivity index (χ3n) is 4.22. The normalized spacial score (nSPS) is 22.1. The maximum atomic E-state index is 4.79. The van der Waals surface area contributed by atoms with Gasteiger partial charge in [-0.1, -0.05) is 6.42 Å². The zero-order valence-corrected chi connectivity index (χ0v) is 13.9. The van der Waals surface area contributed by atoms with Crippen molar-refractivity contribution in [2.24, 2.45) is 0 Å². The second-order valence-corrected chi connectivity index (χ2v) is 7.49. The number of hydrogen-bond donors (Lipinski definition) is 2. The second-order valence-electron chi connectivity index (χ2n) is 6.08. The predicted molar refractivity (Wildman–Crippen MR) is 91.5 cm³/mol. The van der Waals surface area contributed by atoms with Crippen molar-refractivity contribution < 1.29 is 0 Å². The van der Waals surface area contributed by atoms with E-state index in [1.807, 2.05) is 0 Å². The van der Waals surface area contributed by atoms with E-state index in [-0.39, 0.29) is 0 Å². The lowest BCUT2D eigenvalue weighted by Crippen LogP contribution is -2.21. The summed E-state index contributed by atoms with van der Waals surface area (Å²) in [5, 5.41) is 7.71. The van der Waals surface area contributed by atoms with Gasteiger partial charge in [-0.3, -0.25) is 0 Å². The van der Waals surface area contributed by atoms with Crippen LogP contribution in [0.2, 0.25) is 0 Å². The van der Waals surface area contributed by atoms with Crippen LogP contribution in [-0.2, 0) is 0 Å². The van der Waals surface area contributed by atoms with E-state index < -0.39 is 0 Å². The first-order valence-corrected chi connectivity index (χ1v) is 9.30. The molecular weight excluding hydrogens is 280 g/mol. The Hall–Kier alpha value is -0.970. The predicted octanol–water partition coefficient (Wildman–Crippen LogP) is 3.79. The fourth-order valence-corrected chi connectivity index (χ4v) is 3.99. The third-order valence-corrected chi connectivity index (χ3v) is 5.62. The lowest BCUT2D eigenvalue weighted by Gasteiger charge is -2.22. The molecule has 3 rings (SSSR count). The van der Waals surface area contributed by atoms with Crippen LogP contribution in [0.1, 0.15) is 56.3 Å². The SMILES string of the molecule is CCNc1nc(C2CC2)nc(NCC2CCCCS2)c1C. The van der Waals surface area contributed by atoms with Gasteiger partial charge in [-0.05, 0) is 45.3 Å². The van der Waals surface area contributed by atoms with Gasteiger partial charge in [0.15, 0.2) is 0 Å². The molecule has 116 valence electrons. The van der Waals surface area contributed by atoms with E-state index >= 15 is 0 Å². The molecule has 1 atom stereocenters. The highest BCUT2D eigenvalue weighted by Gasteiger charge is 2.28. The first kappa shape index (κ1) is 14.9. The Morgan fingerprint density at radius 3 is 2.48 bits per heavy atom. The molecule has 0 aromatic carbocycles. The highest BCUT2D eigenvalue weighted by Crippen LogP contribution is 2.39. The molecule has 1 aromatic rings. The van der Waals surface area contributed by atoms with Crippen molar-refractivity contribution in [3.05, 3.63) is 11.4 Å². The zero-order valence-electron chi connectivity index (χ0n) is 13.1. The molecule has 1 unspecified atom stereocenters. The Labute approximate surface area is 131 Å². The van der Waals surface area contributed by atoms with Gasteiger partial charge in [0.25, 0.3) is 0 Å². The smallest absolute Gasteiger partial charge is 0.136 e. The van der Waals surface area contributed by atoms with Crippen LogP contribution in [0.4, 0.5) is 11.6 Å². The maximum Gasteiger partial charge on any atom is 0.136 e. The standard InChI is InChI=1S/C16H26N4S/c1-3-17-14-11(2)15(20-16(19-14)12-7-8-12)18-10-13-6-4-5-9-21-13/h12-13H,3-10H2,1-2H3,(H2,17,18,19,20). The molecule has 0 bridgehead atoms. The summed E-state index contributed by atoms with van der Waals surface area (Å²) in [5.74, 6) is 4.97. The van der Waals surface area contributed by atoms with Gasteiger partial charge in [0, 0.05) is 29.8 Å². The molecule has 2 N–H and O–H groups in total. The Morgan fingerprint density at radius 1 is 1.10 bits per heavy atom. The Bertz CT molecular complexity index is 481. The van der Waals surface area contributed by atoms with Crippen LogP contribution in [-0.4, -0.2) is 34.1 Å². The zero-order chi connectivity index (χ0) is 14.7. The van der Waals surface area contributed by atoms with E-state index in [4.69, 9.17) is 9.97 Å². The maximum absolute atomic E-state index is 4.79. The molecule has 0 amide bonds. The van der Waals surface area contributed by atoms with Crippen molar-refractivity contribution in [2.45, 2.75) is 57.1 Å². The third kappa shape index (κ3) is 3.82. The van der Waals surface area contributed by atoms with Crippen LogP contribution in [0.25, 0.3) is 0 Å². The van der Waals surface area contributed by atoms with Gasteiger partial charge in [-0.25, -0.2) is 9.97 Å². The molecule has 2 heterocycles. The Morgan fingerprint density at radius 2 is 1.86 bits per heavy atom. The monoisotopic (exact) mass is 306 g/mol. The average Bonchev–Trinajstić information content (AvgIpc) is 3.34. The summed E-state index contributed by atoms with van der Waals surface area (Å²) in [7, 11) is 0. The Kier molecular flexibility index (Phi) is 4.88. The minimum atomic E-state index is 0.590. The first-order chi connectivity index (χ1) is 10.3. The van der Waals surface area contributed by atoms with Gasteiger partial charge in [0.05, 0.1) is 0 Å². The molecule has 5 heteroatoms. The Balaban J connectivity index is 1.72. The van der Waals surface area contributed by atoms with Gasteiger partial charge < -0.3 is 10.6 Å². The van der Waals surface area contributed by atoms with E-state index in [2.05, 4.69) is 36.2 Å². The molecule has 21 heavy (non-hydrogen) atoms. The number of nitrogens with zero attached hydrogens (tertiary/aromatic N) is 2. The summed E-state index contributed by atoms with van der Waals surface area (Å²) in [4.78, 5) is 9.50. The minimum Gasteiger partial charge on any atom is -0.370 e. The van der Waals surface area contributed by atoms with Gasteiger partial charge in [0.2, 0.25) is 0 Å². The molecule has 0 spiro atoms. The summed E-state index contributed by atoms with van der Waals surface area (Å²) in [5.41, 5.74) is 1.15. The second kappa shape index (κ2) is 6.86. The molecule has 2 fully saturated rings. The topological polar surface area (TPSA) is 49.8 Å². The first-order valence-electron chi connectivity index (χ1n) is 8.25. The summed E-state index contributed by atoms with van der Waals surface area (Å²) in [6.45, 7) is 6.16. The summed E-state index contributed by atoms with van der Waals surface area (Å²) in [6, 6.07) is 0. The van der Waals surface area contributed by atoms with E-state index in [1.54, 1.807) is 0 Å². The highest BCUT2D eigenvalue weighted by molar-refractivity contribution is 7.99. The van der Waals surface area contributed by atoms with E-state index in [0.717, 1.165) is 41.4 Å². The lowest BCUT2D eigenvalue weighted by atomic mass is 10.2. The molecule has 1 aliphatic carbocycles. The van der Waals surface area contributed by atoms with Crippen LogP contribution in [0, 0.1) is 6.92 Å². The van der Waals surface area contributed by atoms with Crippen molar-refractivity contribution in [1.82, 2.24) is 9.97 Å². The molecule has 0 radical (unpaired) electrons. The summed E-state index contributed by atoms with van der Waals surface area (Å²) >= 11 is 2.10. The van der Waals surface area contributed by atoms with Crippen LogP contribution in [0.5, 0.6) is 0 Å². The van der Waals surface area contributed by atoms with Gasteiger partial charge in [-0.15, -0.1) is 0 Å². The number of nitrogens with one attached hydrogen (secondary N) is 2. The molecule has 1 saturated heterocycles. The highest BCUT2D eigenvalue weighted by atomic mass is 32.2. The van der Waals surface area contributed by atoms with E-state index in [1.165, 1.54) is 37.9 Å². The van der Waals surface area contributed by atoms with Crippen molar-refractivity contribution in [3.8, 4) is 0 Å². The summed E-state index contributed by atoms with van der Waals surface area (Å²) in [6.07, 6.45) is 6.57. The van der Waals surface area contributed by atoms with E-state index in [0.29, 0.717) is 5.92 Å². The minimum absolute atomic E-state index is 0.590. The van der Waals surface area contributed by atoms with Crippen molar-refractivity contribution in [1.29, 1.82) is 0 Å². The molecule has 1 saturated carbocycles. The number of hydrogen-bond acceptors (Lipinski definition) is 5. The largest absolute Gasteiger partial charge is 0.370 e. The molecule has 4 nitrogen and oxygen atoms in total. The van der Waals surface area contributed by atoms with Crippen LogP contribution in [0.15, 0.2) is 0 Å². The fraction of sp³-hybridized carbons (Fsp3) is 0.750. The van der Waals surface area contributed by atoms with Crippen molar-refractivity contribution >= 4 is 23.4 Å². The van der Waals surface area contributed by atoms with Crippen molar-refractivity contribution in [2.75, 3.05) is 29.5 Å². The number of aromatic nitrogens is 2. The average molecular weight is 306 g/mol. The van der Waals surface area contributed by atoms with Crippen LogP contribution in [0.3, 0.4) is 0 Å². The summed E-state index contributed by atoms with van der Waals surface area (Å²) < 4.78 is 0. The van der Waals surface area contributed by atoms with Crippen molar-refractivity contribution in [3.63, 3.8) is 0 Å². The molecule has 1 aliphatic heterocycles. The van der Waals surface area contributed by atoms with Crippen LogP contribution < -0.4 is 10.6 Å². The molecule has 1 aromatic heterocycles. The number of rotatable bonds is 6. The number of thioether (sulfide) groups is 1. The van der Waals surface area contributed by atoms with E-state index in [9.17, 15) is 0 Å². The van der Waals surface area contributed by atoms with Gasteiger partial charge in [-0.2, -0.15) is 11.8 Å². The molecule has 2 aliphatic rings. The van der Waals surface area contributed by atoms with Crippen LogP contribution >= 0.6 is 11.8 Å².